The molecule has 0 fully saturated rings. The van der Waals surface area contributed by atoms with Crippen LogP contribution in [-0.2, 0) is 4.79 Å². The molecule has 0 aliphatic rings. The van der Waals surface area contributed by atoms with Gasteiger partial charge in [0.2, 0.25) is 0 Å². The minimum absolute atomic E-state index is 0.0872. The van der Waals surface area contributed by atoms with Crippen LogP contribution in [0.3, 0.4) is 0 Å². The number of carboxylic acid groups (broad SMARTS) is 1. The fraction of sp³-hybridized carbons (Fsp3) is 0.417. The first-order valence-corrected chi connectivity index (χ1v) is 5.69. The van der Waals surface area contributed by atoms with Gasteiger partial charge in [-0.05, 0) is 25.5 Å². The Hall–Kier alpha value is -2.11. The molecule has 0 saturated heterocycles. The quantitative estimate of drug-likeness (QED) is 0.790. The summed E-state index contributed by atoms with van der Waals surface area (Å²) >= 11 is 0. The molecule has 6 nitrogen and oxygen atoms in total. The zero-order chi connectivity index (χ0) is 13.5. The maximum absolute atomic E-state index is 11.6. The van der Waals surface area contributed by atoms with Crippen molar-refractivity contribution in [2.75, 3.05) is 6.54 Å². The fourth-order valence-electron chi connectivity index (χ4n) is 1.28. The lowest BCUT2D eigenvalue weighted by Gasteiger charge is -2.15. The SMILES string of the molecule is CCCNC(=O)C(C)Oc1cccnc1C(=O)O. The van der Waals surface area contributed by atoms with Crippen LogP contribution in [0.1, 0.15) is 30.8 Å². The lowest BCUT2D eigenvalue weighted by molar-refractivity contribution is -0.127. The van der Waals surface area contributed by atoms with E-state index in [1.54, 1.807) is 13.0 Å². The molecule has 2 N–H and O–H groups in total. The summed E-state index contributed by atoms with van der Waals surface area (Å²) in [5, 5.41) is 11.6. The number of ether oxygens (including phenoxy) is 1. The van der Waals surface area contributed by atoms with E-state index in [-0.39, 0.29) is 17.4 Å². The second-order valence-corrected chi connectivity index (χ2v) is 3.71. The number of aromatic nitrogens is 1. The van der Waals surface area contributed by atoms with Crippen LogP contribution in [0.4, 0.5) is 0 Å². The third kappa shape index (κ3) is 3.73. The third-order valence-electron chi connectivity index (χ3n) is 2.20. The number of carbonyl (C=O) groups is 2. The Balaban J connectivity index is 2.72. The van der Waals surface area contributed by atoms with E-state index >= 15 is 0 Å². The molecule has 0 saturated carbocycles. The van der Waals surface area contributed by atoms with Gasteiger partial charge in [0.1, 0.15) is 0 Å². The van der Waals surface area contributed by atoms with E-state index in [1.165, 1.54) is 12.3 Å². The standard InChI is InChI=1S/C12H16N2O4/c1-3-6-14-11(15)8(2)18-9-5-4-7-13-10(9)12(16)17/h4-5,7-8H,3,6H2,1-2H3,(H,14,15)(H,16,17). The number of carboxylic acids is 1. The monoisotopic (exact) mass is 252 g/mol. The summed E-state index contributed by atoms with van der Waals surface area (Å²) < 4.78 is 5.31. The molecule has 1 amide bonds. The van der Waals surface area contributed by atoms with E-state index in [9.17, 15) is 9.59 Å². The lowest BCUT2D eigenvalue weighted by atomic mass is 10.3. The molecular weight excluding hydrogens is 236 g/mol. The van der Waals surface area contributed by atoms with Gasteiger partial charge in [-0.25, -0.2) is 9.78 Å². The van der Waals surface area contributed by atoms with E-state index < -0.39 is 12.1 Å². The van der Waals surface area contributed by atoms with Gasteiger partial charge in [-0.1, -0.05) is 6.92 Å². The second-order valence-electron chi connectivity index (χ2n) is 3.71. The van der Waals surface area contributed by atoms with E-state index in [0.717, 1.165) is 6.42 Å². The maximum atomic E-state index is 11.6. The molecule has 1 aromatic heterocycles. The molecule has 0 spiro atoms. The number of aromatic carboxylic acids is 1. The van der Waals surface area contributed by atoms with Crippen molar-refractivity contribution in [1.82, 2.24) is 10.3 Å². The molecule has 0 radical (unpaired) electrons. The van der Waals surface area contributed by atoms with Crippen molar-refractivity contribution >= 4 is 11.9 Å². The zero-order valence-electron chi connectivity index (χ0n) is 10.3. The van der Waals surface area contributed by atoms with Crippen LogP contribution in [0.15, 0.2) is 18.3 Å². The van der Waals surface area contributed by atoms with Crippen molar-refractivity contribution in [2.45, 2.75) is 26.4 Å². The van der Waals surface area contributed by atoms with Gasteiger partial charge in [0.05, 0.1) is 0 Å². The highest BCUT2D eigenvalue weighted by Gasteiger charge is 2.18. The normalized spacial score (nSPS) is 11.7. The molecule has 6 heteroatoms. The number of amides is 1. The van der Waals surface area contributed by atoms with Crippen LogP contribution < -0.4 is 10.1 Å². The highest BCUT2D eigenvalue weighted by atomic mass is 16.5. The molecular formula is C12H16N2O4. The van der Waals surface area contributed by atoms with Gasteiger partial charge >= 0.3 is 5.97 Å². The predicted octanol–water partition coefficient (Wildman–Crippen LogP) is 1.07. The molecule has 1 unspecified atom stereocenters. The Labute approximate surface area is 105 Å². The molecule has 0 bridgehead atoms. The van der Waals surface area contributed by atoms with Crippen molar-refractivity contribution in [3.63, 3.8) is 0 Å². The molecule has 0 aliphatic heterocycles. The van der Waals surface area contributed by atoms with Crippen LogP contribution >= 0.6 is 0 Å². The number of carbonyl (C=O) groups excluding carboxylic acids is 1. The van der Waals surface area contributed by atoms with E-state index in [4.69, 9.17) is 9.84 Å². The first kappa shape index (κ1) is 14.0. The summed E-state index contributed by atoms with van der Waals surface area (Å²) in [5.74, 6) is -1.38. The van der Waals surface area contributed by atoms with Gasteiger partial charge in [0.25, 0.3) is 5.91 Å². The van der Waals surface area contributed by atoms with Crippen LogP contribution in [0.2, 0.25) is 0 Å². The van der Waals surface area contributed by atoms with Gasteiger partial charge in [-0.2, -0.15) is 0 Å². The Kier molecular flexibility index (Phi) is 5.10. The summed E-state index contributed by atoms with van der Waals surface area (Å²) in [6.45, 7) is 4.06. The Morgan fingerprint density at radius 2 is 2.28 bits per heavy atom. The highest BCUT2D eigenvalue weighted by molar-refractivity contribution is 5.88. The Morgan fingerprint density at radius 3 is 2.89 bits per heavy atom. The Bertz CT molecular complexity index is 434. The first-order valence-electron chi connectivity index (χ1n) is 5.69. The van der Waals surface area contributed by atoms with Crippen LogP contribution in [0, 0.1) is 0 Å². The molecule has 1 atom stereocenters. The van der Waals surface area contributed by atoms with E-state index in [0.29, 0.717) is 6.54 Å². The fourth-order valence-corrected chi connectivity index (χ4v) is 1.28. The summed E-state index contributed by atoms with van der Waals surface area (Å²) in [6.07, 6.45) is 1.42. The maximum Gasteiger partial charge on any atom is 0.358 e. The van der Waals surface area contributed by atoms with Crippen LogP contribution in [-0.4, -0.2) is 34.6 Å². The molecule has 1 aromatic rings. The summed E-state index contributed by atoms with van der Waals surface area (Å²) in [4.78, 5) is 26.2. The number of pyridine rings is 1. The van der Waals surface area contributed by atoms with Crippen LogP contribution in [0.25, 0.3) is 0 Å². The van der Waals surface area contributed by atoms with E-state index in [1.807, 2.05) is 6.92 Å². The first-order chi connectivity index (χ1) is 8.56. The van der Waals surface area contributed by atoms with Crippen molar-refractivity contribution in [1.29, 1.82) is 0 Å². The number of nitrogens with zero attached hydrogens (tertiary/aromatic N) is 1. The third-order valence-corrected chi connectivity index (χ3v) is 2.20. The Morgan fingerprint density at radius 1 is 1.56 bits per heavy atom. The average Bonchev–Trinajstić information content (AvgIpc) is 2.36. The van der Waals surface area contributed by atoms with Gasteiger partial charge in [0.15, 0.2) is 17.5 Å². The van der Waals surface area contributed by atoms with Gasteiger partial charge in [0, 0.05) is 12.7 Å². The largest absolute Gasteiger partial charge is 0.478 e. The molecule has 18 heavy (non-hydrogen) atoms. The number of rotatable bonds is 6. The van der Waals surface area contributed by atoms with Crippen molar-refractivity contribution in [2.24, 2.45) is 0 Å². The topological polar surface area (TPSA) is 88.5 Å². The molecule has 1 heterocycles. The minimum Gasteiger partial charge on any atom is -0.478 e. The smallest absolute Gasteiger partial charge is 0.358 e. The second kappa shape index (κ2) is 6.58. The van der Waals surface area contributed by atoms with Crippen LogP contribution in [0.5, 0.6) is 5.75 Å². The van der Waals surface area contributed by atoms with Gasteiger partial charge in [-0.15, -0.1) is 0 Å². The van der Waals surface area contributed by atoms with Crippen molar-refractivity contribution in [3.8, 4) is 5.75 Å². The number of hydrogen-bond donors (Lipinski definition) is 2. The summed E-state index contributed by atoms with van der Waals surface area (Å²) in [6, 6.07) is 3.03. The zero-order valence-corrected chi connectivity index (χ0v) is 10.3. The van der Waals surface area contributed by atoms with E-state index in [2.05, 4.69) is 10.3 Å². The molecule has 98 valence electrons. The summed E-state index contributed by atoms with van der Waals surface area (Å²) in [7, 11) is 0. The molecule has 0 aliphatic carbocycles. The van der Waals surface area contributed by atoms with Gasteiger partial charge < -0.3 is 15.2 Å². The highest BCUT2D eigenvalue weighted by Crippen LogP contribution is 2.16. The average molecular weight is 252 g/mol. The number of nitrogens with one attached hydrogen (secondary N) is 1. The van der Waals surface area contributed by atoms with Crippen molar-refractivity contribution in [3.05, 3.63) is 24.0 Å². The molecule has 1 rings (SSSR count). The van der Waals surface area contributed by atoms with Gasteiger partial charge in [-0.3, -0.25) is 4.79 Å². The summed E-state index contributed by atoms with van der Waals surface area (Å²) in [5.41, 5.74) is -0.201. The molecule has 0 aromatic carbocycles. The number of hydrogen-bond acceptors (Lipinski definition) is 4. The van der Waals surface area contributed by atoms with Crippen molar-refractivity contribution < 1.29 is 19.4 Å². The lowest BCUT2D eigenvalue weighted by Crippen LogP contribution is -2.36. The minimum atomic E-state index is -1.19. The predicted molar refractivity (Wildman–Crippen MR) is 64.6 cm³/mol.